The number of ether oxygens (including phenoxy) is 3. The minimum Gasteiger partial charge on any atom is -0.478 e. The van der Waals surface area contributed by atoms with Crippen LogP contribution in [-0.2, 0) is 9.47 Å². The summed E-state index contributed by atoms with van der Waals surface area (Å²) in [5, 5.41) is 8.90. The number of fused-ring (bicyclic) bond motifs is 1. The number of nitrogens with zero attached hydrogens (tertiary/aromatic N) is 1. The van der Waals surface area contributed by atoms with Gasteiger partial charge in [-0.3, -0.25) is 0 Å². The van der Waals surface area contributed by atoms with Gasteiger partial charge in [-0.05, 0) is 18.2 Å². The summed E-state index contributed by atoms with van der Waals surface area (Å²) in [5.41, 5.74) is 1.10. The molecule has 0 amide bonds. The van der Waals surface area contributed by atoms with Crippen molar-refractivity contribution < 1.29 is 28.5 Å². The number of carbonyl (C=O) groups is 1. The van der Waals surface area contributed by atoms with Crippen LogP contribution < -0.4 is 4.74 Å². The van der Waals surface area contributed by atoms with Gasteiger partial charge in [0.05, 0.1) is 25.4 Å². The van der Waals surface area contributed by atoms with E-state index in [1.807, 2.05) is 0 Å². The molecule has 1 N–H and O–H groups in total. The van der Waals surface area contributed by atoms with E-state index in [0.29, 0.717) is 43.9 Å². The van der Waals surface area contributed by atoms with Crippen molar-refractivity contribution in [3.8, 4) is 6.08 Å². The van der Waals surface area contributed by atoms with Crippen LogP contribution in [0.2, 0.25) is 0 Å². The van der Waals surface area contributed by atoms with E-state index in [1.54, 1.807) is 13.2 Å². The smallest absolute Gasteiger partial charge is 0.394 e. The van der Waals surface area contributed by atoms with Gasteiger partial charge in [0.25, 0.3) is 0 Å². The van der Waals surface area contributed by atoms with Crippen LogP contribution in [0.1, 0.15) is 16.8 Å². The number of oxazole rings is 1. The standard InChI is InChI=1S/C14H17NO6/c1-18-7-8-19-5-2-6-20-14-15-11-4-3-10(13(16)17)9-12(11)21-14/h3-4,9H,2,5-8H2,1H3,(H,16,17). The maximum atomic E-state index is 10.9. The number of methoxy groups -OCH3 is 1. The van der Waals surface area contributed by atoms with Crippen molar-refractivity contribution >= 4 is 17.1 Å². The van der Waals surface area contributed by atoms with Crippen molar-refractivity contribution in [1.82, 2.24) is 4.98 Å². The van der Waals surface area contributed by atoms with Crippen LogP contribution in [0.15, 0.2) is 22.6 Å². The normalized spacial score (nSPS) is 10.9. The zero-order chi connectivity index (χ0) is 15.1. The molecule has 2 rings (SSSR count). The minimum atomic E-state index is -1.01. The number of hydrogen-bond acceptors (Lipinski definition) is 6. The van der Waals surface area contributed by atoms with E-state index in [0.717, 1.165) is 0 Å². The molecule has 0 aliphatic rings. The van der Waals surface area contributed by atoms with Gasteiger partial charge >= 0.3 is 12.0 Å². The Bertz CT molecular complexity index is 594. The van der Waals surface area contributed by atoms with Gasteiger partial charge in [0.2, 0.25) is 0 Å². The Morgan fingerprint density at radius 3 is 2.90 bits per heavy atom. The lowest BCUT2D eigenvalue weighted by atomic mass is 10.2. The van der Waals surface area contributed by atoms with Crippen LogP contribution in [0.25, 0.3) is 11.1 Å². The molecule has 0 saturated heterocycles. The van der Waals surface area contributed by atoms with Crippen molar-refractivity contribution in [3.05, 3.63) is 23.8 Å². The van der Waals surface area contributed by atoms with Crippen LogP contribution in [0.4, 0.5) is 0 Å². The molecule has 2 aromatic rings. The largest absolute Gasteiger partial charge is 0.478 e. The predicted octanol–water partition coefficient (Wildman–Crippen LogP) is 1.96. The van der Waals surface area contributed by atoms with E-state index in [-0.39, 0.29) is 11.6 Å². The summed E-state index contributed by atoms with van der Waals surface area (Å²) in [6.07, 6.45) is 0.826. The third kappa shape index (κ3) is 4.44. The number of carboxylic acid groups (broad SMARTS) is 1. The molecular weight excluding hydrogens is 278 g/mol. The SMILES string of the molecule is COCCOCCCOc1nc2ccc(C(=O)O)cc2o1. The number of benzene rings is 1. The van der Waals surface area contributed by atoms with Crippen LogP contribution in [0.3, 0.4) is 0 Å². The molecule has 7 nitrogen and oxygen atoms in total. The minimum absolute atomic E-state index is 0.129. The predicted molar refractivity (Wildman–Crippen MR) is 73.8 cm³/mol. The molecule has 0 aliphatic heterocycles. The molecular formula is C14H17NO6. The fraction of sp³-hybridized carbons (Fsp3) is 0.429. The summed E-state index contributed by atoms with van der Waals surface area (Å²) in [6, 6.07) is 4.48. The molecule has 0 aliphatic carbocycles. The van der Waals surface area contributed by atoms with Crippen molar-refractivity contribution in [3.63, 3.8) is 0 Å². The quantitative estimate of drug-likeness (QED) is 0.707. The Morgan fingerprint density at radius 2 is 2.14 bits per heavy atom. The first-order valence-corrected chi connectivity index (χ1v) is 6.54. The highest BCUT2D eigenvalue weighted by Crippen LogP contribution is 2.21. The molecule has 0 fully saturated rings. The van der Waals surface area contributed by atoms with E-state index in [1.165, 1.54) is 12.1 Å². The Balaban J connectivity index is 1.81. The number of carboxylic acids is 1. The van der Waals surface area contributed by atoms with Gasteiger partial charge in [-0.25, -0.2) is 4.79 Å². The summed E-state index contributed by atoms with van der Waals surface area (Å²) in [5.74, 6) is -1.01. The van der Waals surface area contributed by atoms with E-state index >= 15 is 0 Å². The second-order valence-electron chi connectivity index (χ2n) is 4.27. The van der Waals surface area contributed by atoms with Crippen LogP contribution in [-0.4, -0.2) is 49.6 Å². The van der Waals surface area contributed by atoms with Crippen LogP contribution in [0, 0.1) is 0 Å². The summed E-state index contributed by atoms with van der Waals surface area (Å²) < 4.78 is 20.9. The Kier molecular flexibility index (Phi) is 5.53. The fourth-order valence-electron chi connectivity index (χ4n) is 1.66. The third-order valence-electron chi connectivity index (χ3n) is 2.71. The summed E-state index contributed by atoms with van der Waals surface area (Å²) in [7, 11) is 1.62. The van der Waals surface area contributed by atoms with Crippen LogP contribution >= 0.6 is 0 Å². The van der Waals surface area contributed by atoms with Crippen molar-refractivity contribution in [2.45, 2.75) is 6.42 Å². The number of rotatable bonds is 9. The van der Waals surface area contributed by atoms with Crippen molar-refractivity contribution in [2.75, 3.05) is 33.5 Å². The van der Waals surface area contributed by atoms with Gasteiger partial charge in [0, 0.05) is 20.1 Å². The van der Waals surface area contributed by atoms with Gasteiger partial charge in [-0.15, -0.1) is 0 Å². The highest BCUT2D eigenvalue weighted by atomic mass is 16.6. The number of aromatic nitrogens is 1. The molecule has 0 unspecified atom stereocenters. The first kappa shape index (κ1) is 15.3. The molecule has 1 aromatic heterocycles. The molecule has 0 atom stereocenters. The zero-order valence-corrected chi connectivity index (χ0v) is 11.7. The molecule has 0 spiro atoms. The van der Waals surface area contributed by atoms with Gasteiger partial charge in [0.15, 0.2) is 5.58 Å². The Hall–Kier alpha value is -2.12. The summed E-state index contributed by atoms with van der Waals surface area (Å²) in [4.78, 5) is 15.0. The number of aromatic carboxylic acids is 1. The highest BCUT2D eigenvalue weighted by Gasteiger charge is 2.10. The van der Waals surface area contributed by atoms with E-state index < -0.39 is 5.97 Å². The third-order valence-corrected chi connectivity index (χ3v) is 2.71. The maximum absolute atomic E-state index is 10.9. The van der Waals surface area contributed by atoms with Gasteiger partial charge in [0.1, 0.15) is 5.52 Å². The molecule has 7 heteroatoms. The Labute approximate surface area is 121 Å². The van der Waals surface area contributed by atoms with E-state index in [9.17, 15) is 4.79 Å². The molecule has 0 bridgehead atoms. The summed E-state index contributed by atoms with van der Waals surface area (Å²) >= 11 is 0. The molecule has 1 heterocycles. The van der Waals surface area contributed by atoms with E-state index in [2.05, 4.69) is 4.98 Å². The Morgan fingerprint density at radius 1 is 1.29 bits per heavy atom. The van der Waals surface area contributed by atoms with Gasteiger partial charge in [-0.1, -0.05) is 0 Å². The molecule has 114 valence electrons. The first-order valence-electron chi connectivity index (χ1n) is 6.54. The lowest BCUT2D eigenvalue weighted by Crippen LogP contribution is -2.06. The molecule has 1 aromatic carbocycles. The zero-order valence-electron chi connectivity index (χ0n) is 11.7. The summed E-state index contributed by atoms with van der Waals surface area (Å²) in [6.45, 7) is 2.09. The highest BCUT2D eigenvalue weighted by molar-refractivity contribution is 5.91. The van der Waals surface area contributed by atoms with Gasteiger partial charge < -0.3 is 23.7 Å². The molecule has 0 radical (unpaired) electrons. The van der Waals surface area contributed by atoms with Crippen LogP contribution in [0.5, 0.6) is 6.08 Å². The van der Waals surface area contributed by atoms with Crippen molar-refractivity contribution in [1.29, 1.82) is 0 Å². The second kappa shape index (κ2) is 7.61. The van der Waals surface area contributed by atoms with Crippen molar-refractivity contribution in [2.24, 2.45) is 0 Å². The lowest BCUT2D eigenvalue weighted by molar-refractivity contribution is 0.0627. The average Bonchev–Trinajstić information content (AvgIpc) is 2.88. The fourth-order valence-corrected chi connectivity index (χ4v) is 1.66. The molecule has 21 heavy (non-hydrogen) atoms. The van der Waals surface area contributed by atoms with E-state index in [4.69, 9.17) is 23.7 Å². The lowest BCUT2D eigenvalue weighted by Gasteiger charge is -2.03. The number of hydrogen-bond donors (Lipinski definition) is 1. The maximum Gasteiger partial charge on any atom is 0.394 e. The average molecular weight is 295 g/mol. The molecule has 0 saturated carbocycles. The second-order valence-corrected chi connectivity index (χ2v) is 4.27. The first-order chi connectivity index (χ1) is 10.2. The van der Waals surface area contributed by atoms with Gasteiger partial charge in [-0.2, -0.15) is 4.98 Å². The topological polar surface area (TPSA) is 91.0 Å². The monoisotopic (exact) mass is 295 g/mol.